The summed E-state index contributed by atoms with van der Waals surface area (Å²) in [5.74, 6) is -0.103. The van der Waals surface area contributed by atoms with Crippen LogP contribution in [0.5, 0.6) is 0 Å². The summed E-state index contributed by atoms with van der Waals surface area (Å²) in [5, 5.41) is 11.9. The number of amides is 1. The van der Waals surface area contributed by atoms with Gasteiger partial charge in [-0.15, -0.1) is 0 Å². The molecule has 3 nitrogen and oxygen atoms in total. The third-order valence-corrected chi connectivity index (χ3v) is 1.48. The first kappa shape index (κ1) is 9.43. The molecule has 60 valence electrons. The van der Waals surface area contributed by atoms with E-state index >= 15 is 0 Å². The fourth-order valence-electron chi connectivity index (χ4n) is 0.440. The van der Waals surface area contributed by atoms with E-state index in [0.717, 1.165) is 0 Å². The van der Waals surface area contributed by atoms with Gasteiger partial charge in [0.25, 0.3) is 0 Å². The Morgan fingerprint density at radius 3 is 2.50 bits per heavy atom. The van der Waals surface area contributed by atoms with Crippen molar-refractivity contribution in [3.05, 3.63) is 0 Å². The fraction of sp³-hybridized carbons (Fsp3) is 0.857. The van der Waals surface area contributed by atoms with Crippen LogP contribution in [0.2, 0.25) is 0 Å². The molecule has 1 unspecified atom stereocenters. The van der Waals surface area contributed by atoms with Crippen LogP contribution in [-0.4, -0.2) is 23.2 Å². The molecule has 0 aliphatic carbocycles. The van der Waals surface area contributed by atoms with E-state index in [9.17, 15) is 9.90 Å². The predicted molar refractivity (Wildman–Crippen MR) is 39.6 cm³/mol. The Kier molecular flexibility index (Phi) is 3.36. The largest absolute Gasteiger partial charge is 0.388 e. The highest BCUT2D eigenvalue weighted by Gasteiger charge is 2.16. The molecule has 0 spiro atoms. The summed E-state index contributed by atoms with van der Waals surface area (Å²) in [5.41, 5.74) is -0.758. The normalized spacial score (nSPS) is 16.0. The fourth-order valence-corrected chi connectivity index (χ4v) is 0.440. The summed E-state index contributed by atoms with van der Waals surface area (Å²) >= 11 is 0. The van der Waals surface area contributed by atoms with Gasteiger partial charge < -0.3 is 10.4 Å². The Balaban J connectivity index is 3.56. The minimum absolute atomic E-state index is 0.103. The van der Waals surface area contributed by atoms with Crippen molar-refractivity contribution in [2.24, 2.45) is 0 Å². The van der Waals surface area contributed by atoms with E-state index < -0.39 is 5.60 Å². The molecule has 3 heteroatoms. The van der Waals surface area contributed by atoms with E-state index in [2.05, 4.69) is 5.32 Å². The van der Waals surface area contributed by atoms with Crippen LogP contribution in [0.1, 0.15) is 27.2 Å². The van der Waals surface area contributed by atoms with Crippen LogP contribution in [0.4, 0.5) is 0 Å². The number of hydrogen-bond acceptors (Lipinski definition) is 2. The van der Waals surface area contributed by atoms with Crippen LogP contribution in [0.15, 0.2) is 0 Å². The highest BCUT2D eigenvalue weighted by molar-refractivity contribution is 5.72. The number of aliphatic hydroxyl groups is 1. The Bertz CT molecular complexity index is 121. The van der Waals surface area contributed by atoms with Crippen molar-refractivity contribution in [1.82, 2.24) is 5.32 Å². The Hall–Kier alpha value is -0.570. The van der Waals surface area contributed by atoms with Crippen LogP contribution in [0.3, 0.4) is 0 Å². The second kappa shape index (κ2) is 3.56. The molecular weight excluding hydrogens is 130 g/mol. The molecule has 0 aromatic heterocycles. The molecule has 0 saturated carbocycles. The van der Waals surface area contributed by atoms with Gasteiger partial charge in [-0.1, -0.05) is 6.92 Å². The van der Waals surface area contributed by atoms with E-state index in [0.29, 0.717) is 13.0 Å². The van der Waals surface area contributed by atoms with Crippen LogP contribution in [0, 0.1) is 0 Å². The Morgan fingerprint density at radius 2 is 2.20 bits per heavy atom. The number of carbonyl (C=O) groups is 1. The van der Waals surface area contributed by atoms with Crippen molar-refractivity contribution in [3.8, 4) is 0 Å². The lowest BCUT2D eigenvalue weighted by Gasteiger charge is -2.20. The summed E-state index contributed by atoms with van der Waals surface area (Å²) in [4.78, 5) is 10.4. The van der Waals surface area contributed by atoms with Gasteiger partial charge in [0.2, 0.25) is 5.91 Å². The molecule has 10 heavy (non-hydrogen) atoms. The molecule has 1 amide bonds. The van der Waals surface area contributed by atoms with Gasteiger partial charge in [0.1, 0.15) is 0 Å². The van der Waals surface area contributed by atoms with Gasteiger partial charge in [0.05, 0.1) is 5.60 Å². The van der Waals surface area contributed by atoms with Crippen molar-refractivity contribution >= 4 is 5.91 Å². The average Bonchev–Trinajstić information content (AvgIpc) is 1.85. The van der Waals surface area contributed by atoms with Gasteiger partial charge in [-0.2, -0.15) is 0 Å². The molecule has 0 heterocycles. The highest BCUT2D eigenvalue weighted by Crippen LogP contribution is 2.05. The number of nitrogens with one attached hydrogen (secondary N) is 1. The zero-order valence-electron chi connectivity index (χ0n) is 6.77. The maximum absolute atomic E-state index is 10.4. The molecule has 0 rings (SSSR count). The monoisotopic (exact) mass is 145 g/mol. The zero-order chi connectivity index (χ0) is 8.20. The quantitative estimate of drug-likeness (QED) is 0.599. The summed E-state index contributed by atoms with van der Waals surface area (Å²) in [6, 6.07) is 0. The summed E-state index contributed by atoms with van der Waals surface area (Å²) in [6.07, 6.45) is 0.646. The summed E-state index contributed by atoms with van der Waals surface area (Å²) in [6.45, 7) is 5.34. The standard InChI is InChI=1S/C7H15NO2/c1-4-7(3,10)5-8-6(2)9/h10H,4-5H2,1-3H3,(H,8,9). The van der Waals surface area contributed by atoms with Crippen LogP contribution < -0.4 is 5.32 Å². The Labute approximate surface area is 61.4 Å². The van der Waals surface area contributed by atoms with Crippen LogP contribution in [-0.2, 0) is 4.79 Å². The van der Waals surface area contributed by atoms with Gasteiger partial charge in [-0.25, -0.2) is 0 Å². The minimum Gasteiger partial charge on any atom is -0.388 e. The smallest absolute Gasteiger partial charge is 0.216 e. The van der Waals surface area contributed by atoms with Crippen LogP contribution >= 0.6 is 0 Å². The van der Waals surface area contributed by atoms with Crippen molar-refractivity contribution in [1.29, 1.82) is 0 Å². The highest BCUT2D eigenvalue weighted by atomic mass is 16.3. The molecule has 0 fully saturated rings. The first-order valence-corrected chi connectivity index (χ1v) is 3.45. The van der Waals surface area contributed by atoms with E-state index in [1.54, 1.807) is 6.92 Å². The molecule has 0 aromatic rings. The zero-order valence-corrected chi connectivity index (χ0v) is 6.77. The maximum Gasteiger partial charge on any atom is 0.216 e. The first-order valence-electron chi connectivity index (χ1n) is 3.45. The summed E-state index contributed by atoms with van der Waals surface area (Å²) in [7, 11) is 0. The average molecular weight is 145 g/mol. The lowest BCUT2D eigenvalue weighted by molar-refractivity contribution is -0.120. The van der Waals surface area contributed by atoms with E-state index in [-0.39, 0.29) is 5.91 Å². The van der Waals surface area contributed by atoms with Crippen LogP contribution in [0.25, 0.3) is 0 Å². The van der Waals surface area contributed by atoms with Gasteiger partial charge in [-0.05, 0) is 13.3 Å². The van der Waals surface area contributed by atoms with E-state index in [1.165, 1.54) is 6.92 Å². The Morgan fingerprint density at radius 1 is 1.70 bits per heavy atom. The van der Waals surface area contributed by atoms with Gasteiger partial charge in [-0.3, -0.25) is 4.79 Å². The molecule has 0 aliphatic heterocycles. The van der Waals surface area contributed by atoms with Crippen molar-refractivity contribution in [2.45, 2.75) is 32.8 Å². The van der Waals surface area contributed by atoms with E-state index in [4.69, 9.17) is 0 Å². The molecule has 0 bridgehead atoms. The molecular formula is C7H15NO2. The lowest BCUT2D eigenvalue weighted by atomic mass is 10.0. The SMILES string of the molecule is CCC(C)(O)CNC(C)=O. The lowest BCUT2D eigenvalue weighted by Crippen LogP contribution is -2.39. The molecule has 0 radical (unpaired) electrons. The van der Waals surface area contributed by atoms with Gasteiger partial charge in [0, 0.05) is 13.5 Å². The third-order valence-electron chi connectivity index (χ3n) is 1.48. The van der Waals surface area contributed by atoms with Crippen molar-refractivity contribution < 1.29 is 9.90 Å². The molecule has 0 aliphatic rings. The first-order chi connectivity index (χ1) is 4.48. The van der Waals surface area contributed by atoms with Gasteiger partial charge in [0.15, 0.2) is 0 Å². The molecule has 0 saturated heterocycles. The van der Waals surface area contributed by atoms with Crippen molar-refractivity contribution in [2.75, 3.05) is 6.54 Å². The molecule has 2 N–H and O–H groups in total. The topological polar surface area (TPSA) is 49.3 Å². The maximum atomic E-state index is 10.4. The molecule has 0 aromatic carbocycles. The van der Waals surface area contributed by atoms with E-state index in [1.807, 2.05) is 6.92 Å². The minimum atomic E-state index is -0.758. The van der Waals surface area contributed by atoms with Crippen molar-refractivity contribution in [3.63, 3.8) is 0 Å². The second-order valence-corrected chi connectivity index (χ2v) is 2.76. The number of rotatable bonds is 3. The third kappa shape index (κ3) is 4.32. The predicted octanol–water partition coefficient (Wildman–Crippen LogP) is 0.283. The second-order valence-electron chi connectivity index (χ2n) is 2.76. The van der Waals surface area contributed by atoms with Gasteiger partial charge >= 0.3 is 0 Å². The molecule has 1 atom stereocenters. The number of carbonyl (C=O) groups excluding carboxylic acids is 1. The number of hydrogen-bond donors (Lipinski definition) is 2. The summed E-state index contributed by atoms with van der Waals surface area (Å²) < 4.78 is 0.